The van der Waals surface area contributed by atoms with Gasteiger partial charge in [-0.2, -0.15) is 13.2 Å². The number of imidazole rings is 2. The lowest BCUT2D eigenvalue weighted by Crippen LogP contribution is -2.15. The Morgan fingerprint density at radius 2 is 1.46 bits per heavy atom. The van der Waals surface area contributed by atoms with Gasteiger partial charge in [0.2, 0.25) is 9.92 Å². The Kier molecular flexibility index (Phi) is 11.7. The standard InChI is InChI=1S/C48H37F3N8O9S4/c1-60-27-13-34-28(15-36(66-34)30-18-58-44(54-30)71-46(56-58)62-3)35(14-27)67-41(32-22-70-42(53-32)23-8-10-64-11-9-23)39-38(61-2)17-33(29-16-37(68-40(29)39)31-19-59-45(55-31)72-47(57-59)63-4)65-20-26-21-69-43(52-26)24-6-5-7-25(12-24)48(49,50)51/h5-7,12-19,21-23,41H,8-11,20H2,1-4H3. The molecule has 368 valence electrons. The summed E-state index contributed by atoms with van der Waals surface area (Å²) in [6, 6.07) is 14.1. The predicted molar refractivity (Wildman–Crippen MR) is 263 cm³/mol. The van der Waals surface area contributed by atoms with E-state index in [1.807, 2.05) is 17.5 Å². The molecule has 1 unspecified atom stereocenters. The number of furan rings is 2. The number of alkyl halides is 3. The molecular weight excluding hydrogens is 1020 g/mol. The molecule has 0 aliphatic carbocycles. The van der Waals surface area contributed by atoms with Crippen molar-refractivity contribution < 1.29 is 55.2 Å². The van der Waals surface area contributed by atoms with Gasteiger partial charge >= 0.3 is 6.18 Å². The van der Waals surface area contributed by atoms with Gasteiger partial charge in [-0.05, 0) is 59.8 Å². The van der Waals surface area contributed by atoms with E-state index in [1.54, 1.807) is 90.8 Å². The van der Waals surface area contributed by atoms with Crippen LogP contribution in [0.15, 0.2) is 86.6 Å². The molecule has 1 atom stereocenters. The predicted octanol–water partition coefficient (Wildman–Crippen LogP) is 12.0. The monoisotopic (exact) mass is 1050 g/mol. The summed E-state index contributed by atoms with van der Waals surface area (Å²) in [5.74, 6) is 2.63. The third-order valence-electron chi connectivity index (χ3n) is 12.0. The molecule has 9 heterocycles. The van der Waals surface area contributed by atoms with Crippen molar-refractivity contribution in [3.8, 4) is 66.9 Å². The van der Waals surface area contributed by atoms with Crippen LogP contribution in [0.25, 0.3) is 65.3 Å². The Morgan fingerprint density at radius 3 is 2.14 bits per heavy atom. The molecule has 1 saturated heterocycles. The number of hydrogen-bond donors (Lipinski definition) is 0. The van der Waals surface area contributed by atoms with Crippen LogP contribution in [0, 0.1) is 0 Å². The number of methoxy groups -OCH3 is 4. The van der Waals surface area contributed by atoms with Crippen LogP contribution in [0.3, 0.4) is 0 Å². The minimum atomic E-state index is -4.50. The number of rotatable bonds is 15. The highest BCUT2D eigenvalue weighted by molar-refractivity contribution is 7.18. The summed E-state index contributed by atoms with van der Waals surface area (Å²) in [5, 5.41) is 16.1. The third kappa shape index (κ3) is 8.50. The number of thiazole rings is 2. The van der Waals surface area contributed by atoms with E-state index in [9.17, 15) is 13.2 Å². The van der Waals surface area contributed by atoms with Crippen molar-refractivity contribution >= 4 is 77.2 Å². The molecule has 0 amide bonds. The van der Waals surface area contributed by atoms with Gasteiger partial charge in [-0.25, -0.2) is 29.0 Å². The van der Waals surface area contributed by atoms with Gasteiger partial charge in [0.1, 0.15) is 57.2 Å². The highest BCUT2D eigenvalue weighted by Crippen LogP contribution is 2.49. The highest BCUT2D eigenvalue weighted by Gasteiger charge is 2.34. The average molecular weight is 1060 g/mol. The van der Waals surface area contributed by atoms with Crippen molar-refractivity contribution in [3.05, 3.63) is 105 Å². The summed E-state index contributed by atoms with van der Waals surface area (Å²) in [7, 11) is 6.20. The smallest absolute Gasteiger partial charge is 0.416 e. The topological polar surface area (TPSA) is 177 Å². The molecule has 8 aromatic heterocycles. The molecule has 0 N–H and O–H groups in total. The van der Waals surface area contributed by atoms with E-state index >= 15 is 0 Å². The van der Waals surface area contributed by atoms with Gasteiger partial charge in [0.15, 0.2) is 17.6 Å². The summed E-state index contributed by atoms with van der Waals surface area (Å²) >= 11 is 5.33. The van der Waals surface area contributed by atoms with E-state index in [0.717, 1.165) is 30.0 Å². The zero-order valence-electron chi connectivity index (χ0n) is 38.2. The molecular formula is C48H37F3N8O9S4. The molecule has 17 nitrogen and oxygen atoms in total. The van der Waals surface area contributed by atoms with Crippen molar-refractivity contribution in [1.82, 2.24) is 39.2 Å². The number of benzene rings is 3. The number of aromatic nitrogens is 8. The van der Waals surface area contributed by atoms with Crippen LogP contribution in [0.2, 0.25) is 0 Å². The summed E-state index contributed by atoms with van der Waals surface area (Å²) < 4.78 is 99.7. The first-order valence-corrected chi connectivity index (χ1v) is 25.4. The van der Waals surface area contributed by atoms with Gasteiger partial charge in [0, 0.05) is 53.7 Å². The van der Waals surface area contributed by atoms with Crippen LogP contribution in [0.5, 0.6) is 33.4 Å². The van der Waals surface area contributed by atoms with Crippen molar-refractivity contribution in [3.63, 3.8) is 0 Å². The molecule has 0 spiro atoms. The molecule has 0 radical (unpaired) electrons. The second-order valence-corrected chi connectivity index (χ2v) is 19.9. The Morgan fingerprint density at radius 1 is 0.736 bits per heavy atom. The second-order valence-electron chi connectivity index (χ2n) is 16.3. The van der Waals surface area contributed by atoms with Crippen molar-refractivity contribution in [2.24, 2.45) is 0 Å². The van der Waals surface area contributed by atoms with E-state index in [2.05, 4.69) is 15.2 Å². The van der Waals surface area contributed by atoms with Crippen molar-refractivity contribution in [2.75, 3.05) is 41.7 Å². The molecule has 3 aromatic carbocycles. The van der Waals surface area contributed by atoms with Crippen molar-refractivity contribution in [2.45, 2.75) is 37.6 Å². The molecule has 0 bridgehead atoms. The summed E-state index contributed by atoms with van der Waals surface area (Å²) in [4.78, 5) is 20.7. The maximum atomic E-state index is 13.6. The molecule has 24 heteroatoms. The van der Waals surface area contributed by atoms with Crippen molar-refractivity contribution in [1.29, 1.82) is 0 Å². The van der Waals surface area contributed by atoms with Gasteiger partial charge in [-0.3, -0.25) is 0 Å². The number of halogens is 3. The Hall–Kier alpha value is -7.25. The van der Waals surface area contributed by atoms with Gasteiger partial charge in [-0.1, -0.05) is 12.1 Å². The third-order valence-corrected chi connectivity index (χ3v) is 15.7. The maximum Gasteiger partial charge on any atom is 0.416 e. The fourth-order valence-corrected chi connectivity index (χ4v) is 11.7. The second kappa shape index (κ2) is 18.4. The Bertz CT molecular complexity index is 3720. The van der Waals surface area contributed by atoms with E-state index in [0.29, 0.717) is 129 Å². The number of ether oxygens (including phenoxy) is 7. The van der Waals surface area contributed by atoms with E-state index in [4.69, 9.17) is 56.9 Å². The SMILES string of the molecule is COc1cc(OC(c2csc(C3CCOCC3)n2)c2c(OC)cc(OCc3csc(-c4cccc(C(F)(F)F)c4)n3)c3cc(-c4cn5nc(OC)sc5n4)oc23)c2cc(-c3cn4nc(OC)sc4n3)oc2c1. The molecule has 1 aliphatic rings. The highest BCUT2D eigenvalue weighted by atomic mass is 32.1. The van der Waals surface area contributed by atoms with Crippen LogP contribution >= 0.6 is 45.3 Å². The summed E-state index contributed by atoms with van der Waals surface area (Å²) in [6.07, 6.45) is -0.326. The fourth-order valence-electron chi connectivity index (χ4n) is 8.45. The van der Waals surface area contributed by atoms with Crippen LogP contribution in [0.1, 0.15) is 52.4 Å². The first kappa shape index (κ1) is 45.9. The summed E-state index contributed by atoms with van der Waals surface area (Å²) in [5.41, 5.74) is 3.02. The van der Waals surface area contributed by atoms with E-state index in [1.165, 1.54) is 40.1 Å². The van der Waals surface area contributed by atoms with Gasteiger partial charge in [-0.15, -0.1) is 32.9 Å². The molecule has 1 aliphatic heterocycles. The molecule has 72 heavy (non-hydrogen) atoms. The van der Waals surface area contributed by atoms with Gasteiger partial charge < -0.3 is 42.0 Å². The molecule has 0 saturated carbocycles. The average Bonchev–Trinajstić information content (AvgIpc) is 4.25. The number of hydrogen-bond acceptors (Lipinski definition) is 19. The zero-order valence-corrected chi connectivity index (χ0v) is 41.5. The first-order valence-electron chi connectivity index (χ1n) is 22.0. The zero-order chi connectivity index (χ0) is 49.3. The molecule has 11 aromatic rings. The quantitative estimate of drug-likeness (QED) is 0.0946. The van der Waals surface area contributed by atoms with Crippen LogP contribution < -0.4 is 28.4 Å². The van der Waals surface area contributed by atoms with E-state index < -0.39 is 17.8 Å². The number of nitrogens with zero attached hydrogens (tertiary/aromatic N) is 8. The fraction of sp³-hybridized carbons (Fsp3) is 0.250. The lowest BCUT2D eigenvalue weighted by Gasteiger charge is -2.23. The number of fused-ring (bicyclic) bond motifs is 4. The largest absolute Gasteiger partial charge is 0.496 e. The Balaban J connectivity index is 0.989. The van der Waals surface area contributed by atoms with Gasteiger partial charge in [0.25, 0.3) is 10.4 Å². The molecule has 1 fully saturated rings. The van der Waals surface area contributed by atoms with E-state index in [-0.39, 0.29) is 12.5 Å². The lowest BCUT2D eigenvalue weighted by atomic mass is 10.0. The first-order chi connectivity index (χ1) is 35.0. The lowest BCUT2D eigenvalue weighted by molar-refractivity contribution is -0.137. The molecule has 12 rings (SSSR count). The van der Waals surface area contributed by atoms with Crippen LogP contribution in [-0.4, -0.2) is 80.8 Å². The summed E-state index contributed by atoms with van der Waals surface area (Å²) in [6.45, 7) is 1.23. The normalized spacial score (nSPS) is 14.0. The minimum absolute atomic E-state index is 0.0408. The van der Waals surface area contributed by atoms with Gasteiger partial charge in [0.05, 0.1) is 79.1 Å². The minimum Gasteiger partial charge on any atom is -0.496 e. The maximum absolute atomic E-state index is 13.6. The van der Waals surface area contributed by atoms with Crippen LogP contribution in [-0.2, 0) is 17.5 Å². The van der Waals surface area contributed by atoms with Crippen LogP contribution in [0.4, 0.5) is 13.2 Å². The Labute approximate surface area is 420 Å².